The molecule has 2 aliphatic rings. The first-order valence-corrected chi connectivity index (χ1v) is 11.0. The number of aliphatic hydroxyl groups excluding tert-OH is 1. The number of rotatable bonds is 8. The monoisotopic (exact) mass is 448 g/mol. The summed E-state index contributed by atoms with van der Waals surface area (Å²) in [5, 5.41) is 10.8. The summed E-state index contributed by atoms with van der Waals surface area (Å²) in [6, 6.07) is 25.8. The fourth-order valence-corrected chi connectivity index (χ4v) is 4.75. The Kier molecular flexibility index (Phi) is 5.85. The zero-order valence-corrected chi connectivity index (χ0v) is 18.8. The molecule has 0 saturated carbocycles. The number of aliphatic hydroxyl groups is 1. The van der Waals surface area contributed by atoms with Crippen molar-refractivity contribution in [2.45, 2.75) is 23.4 Å². The second-order valence-electron chi connectivity index (χ2n) is 8.46. The van der Waals surface area contributed by atoms with E-state index in [9.17, 15) is 5.11 Å². The van der Waals surface area contributed by atoms with Gasteiger partial charge in [0.15, 0.2) is 0 Å². The van der Waals surface area contributed by atoms with E-state index in [2.05, 4.69) is 0 Å². The molecule has 6 heteroatoms. The first-order valence-electron chi connectivity index (χ1n) is 11.0. The van der Waals surface area contributed by atoms with Crippen LogP contribution in [0.5, 0.6) is 11.5 Å². The maximum absolute atomic E-state index is 10.8. The van der Waals surface area contributed by atoms with Gasteiger partial charge in [-0.1, -0.05) is 54.6 Å². The number of ether oxygens (including phenoxy) is 5. The van der Waals surface area contributed by atoms with Crippen LogP contribution < -0.4 is 9.47 Å². The first-order chi connectivity index (χ1) is 16.1. The molecule has 0 aliphatic carbocycles. The summed E-state index contributed by atoms with van der Waals surface area (Å²) < 4.78 is 29.4. The Morgan fingerprint density at radius 2 is 1.39 bits per heavy atom. The lowest BCUT2D eigenvalue weighted by Gasteiger charge is -2.39. The minimum atomic E-state index is -0.960. The third-order valence-electron chi connectivity index (χ3n) is 6.67. The van der Waals surface area contributed by atoms with Crippen LogP contribution in [-0.2, 0) is 19.8 Å². The Morgan fingerprint density at radius 3 is 1.82 bits per heavy atom. The molecule has 3 aromatic rings. The van der Waals surface area contributed by atoms with Gasteiger partial charge in [-0.3, -0.25) is 0 Å². The summed E-state index contributed by atoms with van der Waals surface area (Å²) in [6.07, 6.45) is -1.03. The molecule has 2 bridgehead atoms. The lowest BCUT2D eigenvalue weighted by atomic mass is 9.79. The maximum Gasteiger partial charge on any atom is 0.143 e. The van der Waals surface area contributed by atoms with Gasteiger partial charge in [-0.25, -0.2) is 0 Å². The first kappa shape index (κ1) is 21.9. The van der Waals surface area contributed by atoms with Gasteiger partial charge in [-0.05, 0) is 41.0 Å². The topological polar surface area (TPSA) is 66.4 Å². The predicted molar refractivity (Wildman–Crippen MR) is 123 cm³/mol. The molecule has 172 valence electrons. The minimum absolute atomic E-state index is 0.164. The van der Waals surface area contributed by atoms with Crippen molar-refractivity contribution in [3.63, 3.8) is 0 Å². The van der Waals surface area contributed by atoms with Crippen molar-refractivity contribution in [1.82, 2.24) is 0 Å². The van der Waals surface area contributed by atoms with E-state index in [-0.39, 0.29) is 12.7 Å². The smallest absolute Gasteiger partial charge is 0.143 e. The highest BCUT2D eigenvalue weighted by molar-refractivity contribution is 5.49. The van der Waals surface area contributed by atoms with Crippen LogP contribution in [0.3, 0.4) is 0 Å². The van der Waals surface area contributed by atoms with Crippen LogP contribution in [0.2, 0.25) is 0 Å². The van der Waals surface area contributed by atoms with Gasteiger partial charge in [0.25, 0.3) is 0 Å². The van der Waals surface area contributed by atoms with Gasteiger partial charge >= 0.3 is 0 Å². The van der Waals surface area contributed by atoms with Crippen molar-refractivity contribution >= 4 is 0 Å². The van der Waals surface area contributed by atoms with Crippen molar-refractivity contribution in [2.75, 3.05) is 34.0 Å². The molecular formula is C27H28O6. The van der Waals surface area contributed by atoms with Crippen LogP contribution in [0.1, 0.15) is 16.7 Å². The fraction of sp³-hybridized carbons (Fsp3) is 0.333. The number of methoxy groups -OCH3 is 2. The van der Waals surface area contributed by atoms with Gasteiger partial charge in [-0.2, -0.15) is 0 Å². The summed E-state index contributed by atoms with van der Waals surface area (Å²) in [7, 11) is 3.29. The summed E-state index contributed by atoms with van der Waals surface area (Å²) in [6.45, 7) is 0.834. The van der Waals surface area contributed by atoms with E-state index in [0.717, 1.165) is 28.2 Å². The average Bonchev–Trinajstić information content (AvgIpc) is 3.37. The summed E-state index contributed by atoms with van der Waals surface area (Å²) >= 11 is 0. The zero-order valence-electron chi connectivity index (χ0n) is 18.8. The van der Waals surface area contributed by atoms with Crippen LogP contribution >= 0.6 is 0 Å². The van der Waals surface area contributed by atoms with E-state index in [0.29, 0.717) is 13.2 Å². The lowest BCUT2D eigenvalue weighted by molar-refractivity contribution is -0.154. The van der Waals surface area contributed by atoms with E-state index in [1.54, 1.807) is 14.2 Å². The predicted octanol–water partition coefficient (Wildman–Crippen LogP) is 3.54. The zero-order chi connectivity index (χ0) is 22.9. The molecule has 0 aromatic heterocycles. The molecule has 6 nitrogen and oxygen atoms in total. The van der Waals surface area contributed by atoms with Gasteiger partial charge in [0.1, 0.15) is 34.9 Å². The van der Waals surface area contributed by atoms with Crippen molar-refractivity contribution in [3.8, 4) is 11.5 Å². The molecule has 2 fully saturated rings. The van der Waals surface area contributed by atoms with Gasteiger partial charge in [0.2, 0.25) is 0 Å². The Hall–Kier alpha value is -2.90. The normalized spacial score (nSPS) is 24.1. The summed E-state index contributed by atoms with van der Waals surface area (Å²) in [5.74, 6) is 1.52. The van der Waals surface area contributed by atoms with Crippen LogP contribution in [0.25, 0.3) is 0 Å². The molecule has 0 spiro atoms. The Labute approximate surface area is 193 Å². The summed E-state index contributed by atoms with van der Waals surface area (Å²) in [4.78, 5) is 0. The Morgan fingerprint density at radius 1 is 0.848 bits per heavy atom. The largest absolute Gasteiger partial charge is 0.497 e. The SMILES string of the molecule is COc1ccc(C(OCC23COC(CO2)C3O)(c2ccccc2)c2ccc(OC)cc2)cc1. The molecule has 1 N–H and O–H groups in total. The quantitative estimate of drug-likeness (QED) is 0.532. The highest BCUT2D eigenvalue weighted by Gasteiger charge is 2.57. The molecule has 33 heavy (non-hydrogen) atoms. The molecule has 2 heterocycles. The standard InChI is InChI=1S/C27H28O6/c1-29-22-12-8-20(9-13-22)27(19-6-4-3-5-7-19,21-10-14-23(30-2)15-11-21)33-18-26-17-31-24(16-32-26)25(26)28/h3-15,24-25,28H,16-18H2,1-2H3. The Bertz CT molecular complexity index is 1010. The molecular weight excluding hydrogens is 420 g/mol. The van der Waals surface area contributed by atoms with Crippen LogP contribution in [0.15, 0.2) is 78.9 Å². The molecule has 3 unspecified atom stereocenters. The number of hydrogen-bond donors (Lipinski definition) is 1. The van der Waals surface area contributed by atoms with Crippen molar-refractivity contribution in [2.24, 2.45) is 0 Å². The van der Waals surface area contributed by atoms with Gasteiger partial charge in [-0.15, -0.1) is 0 Å². The van der Waals surface area contributed by atoms with Gasteiger partial charge < -0.3 is 28.8 Å². The second kappa shape index (κ2) is 8.80. The third-order valence-corrected chi connectivity index (χ3v) is 6.67. The molecule has 2 saturated heterocycles. The second-order valence-corrected chi connectivity index (χ2v) is 8.46. The van der Waals surface area contributed by atoms with Crippen LogP contribution in [-0.4, -0.2) is 57.0 Å². The third kappa shape index (κ3) is 3.69. The van der Waals surface area contributed by atoms with Gasteiger partial charge in [0, 0.05) is 0 Å². The van der Waals surface area contributed by atoms with E-state index in [4.69, 9.17) is 23.7 Å². The van der Waals surface area contributed by atoms with Crippen LogP contribution in [0.4, 0.5) is 0 Å². The number of fused-ring (bicyclic) bond motifs is 2. The fourth-order valence-electron chi connectivity index (χ4n) is 4.75. The maximum atomic E-state index is 10.8. The van der Waals surface area contributed by atoms with Crippen molar-refractivity contribution in [3.05, 3.63) is 95.6 Å². The molecule has 3 aromatic carbocycles. The van der Waals surface area contributed by atoms with E-state index in [1.807, 2.05) is 78.9 Å². The van der Waals surface area contributed by atoms with Crippen LogP contribution in [0, 0.1) is 0 Å². The number of hydrogen-bond acceptors (Lipinski definition) is 6. The van der Waals surface area contributed by atoms with Gasteiger partial charge in [0.05, 0.1) is 34.0 Å². The van der Waals surface area contributed by atoms with E-state index in [1.165, 1.54) is 0 Å². The van der Waals surface area contributed by atoms with E-state index >= 15 is 0 Å². The minimum Gasteiger partial charge on any atom is -0.497 e. The highest BCUT2D eigenvalue weighted by atomic mass is 16.6. The van der Waals surface area contributed by atoms with Crippen molar-refractivity contribution in [1.29, 1.82) is 0 Å². The highest BCUT2D eigenvalue weighted by Crippen LogP contribution is 2.44. The van der Waals surface area contributed by atoms with Crippen molar-refractivity contribution < 1.29 is 28.8 Å². The molecule has 0 radical (unpaired) electrons. The Balaban J connectivity index is 1.65. The average molecular weight is 449 g/mol. The summed E-state index contributed by atoms with van der Waals surface area (Å²) in [5.41, 5.74) is 0.972. The lowest BCUT2D eigenvalue weighted by Crippen LogP contribution is -2.48. The molecule has 3 atom stereocenters. The number of benzene rings is 3. The molecule has 0 amide bonds. The molecule has 5 rings (SSSR count). The van der Waals surface area contributed by atoms with E-state index < -0.39 is 17.3 Å². The molecule has 2 aliphatic heterocycles.